The van der Waals surface area contributed by atoms with Gasteiger partial charge in [-0.1, -0.05) is 13.8 Å². The summed E-state index contributed by atoms with van der Waals surface area (Å²) >= 11 is 0. The molecule has 5 nitrogen and oxygen atoms in total. The van der Waals surface area contributed by atoms with Crippen LogP contribution in [0.15, 0.2) is 36.5 Å². The van der Waals surface area contributed by atoms with Gasteiger partial charge < -0.3 is 15.5 Å². The first-order chi connectivity index (χ1) is 11.7. The molecule has 1 fully saturated rings. The molecular formula is C19H27N5. The van der Waals surface area contributed by atoms with Crippen molar-refractivity contribution in [1.82, 2.24) is 9.97 Å². The first-order valence-corrected chi connectivity index (χ1v) is 8.93. The monoisotopic (exact) mass is 325 g/mol. The van der Waals surface area contributed by atoms with E-state index in [-0.39, 0.29) is 0 Å². The van der Waals surface area contributed by atoms with E-state index < -0.39 is 0 Å². The van der Waals surface area contributed by atoms with E-state index in [1.54, 1.807) is 6.20 Å². The standard InChI is InChI=1S/C19H27N5/c1-3-11-20-18-8-12-21-19(23-18)22-16-4-6-17(7-5-16)24-13-9-15(2)10-14-24/h4-8,12,15H,3,9-11,13-14H2,1-2H3,(H2,20,21,22,23). The molecule has 0 spiro atoms. The lowest BCUT2D eigenvalue weighted by Crippen LogP contribution is -2.32. The zero-order valence-electron chi connectivity index (χ0n) is 14.6. The first kappa shape index (κ1) is 16.6. The summed E-state index contributed by atoms with van der Waals surface area (Å²) in [5.74, 6) is 2.33. The van der Waals surface area contributed by atoms with Crippen molar-refractivity contribution in [1.29, 1.82) is 0 Å². The molecule has 0 bridgehead atoms. The third-order valence-electron chi connectivity index (χ3n) is 4.48. The van der Waals surface area contributed by atoms with Crippen LogP contribution in [0.2, 0.25) is 0 Å². The van der Waals surface area contributed by atoms with Crippen molar-refractivity contribution in [2.45, 2.75) is 33.1 Å². The summed E-state index contributed by atoms with van der Waals surface area (Å²) in [5.41, 5.74) is 2.31. The third kappa shape index (κ3) is 4.37. The van der Waals surface area contributed by atoms with Gasteiger partial charge in [0.05, 0.1) is 0 Å². The molecule has 1 aliphatic rings. The molecule has 0 atom stereocenters. The van der Waals surface area contributed by atoms with Gasteiger partial charge in [0.1, 0.15) is 5.82 Å². The maximum Gasteiger partial charge on any atom is 0.229 e. The maximum absolute atomic E-state index is 4.48. The van der Waals surface area contributed by atoms with Gasteiger partial charge in [-0.3, -0.25) is 0 Å². The third-order valence-corrected chi connectivity index (χ3v) is 4.48. The fourth-order valence-corrected chi connectivity index (χ4v) is 2.92. The smallest absolute Gasteiger partial charge is 0.229 e. The topological polar surface area (TPSA) is 53.1 Å². The van der Waals surface area contributed by atoms with Crippen molar-refractivity contribution in [3.63, 3.8) is 0 Å². The minimum Gasteiger partial charge on any atom is -0.372 e. The van der Waals surface area contributed by atoms with Gasteiger partial charge in [0.2, 0.25) is 5.95 Å². The molecule has 128 valence electrons. The van der Waals surface area contributed by atoms with Crippen LogP contribution in [0, 0.1) is 5.92 Å². The van der Waals surface area contributed by atoms with Crippen LogP contribution in [0.3, 0.4) is 0 Å². The Hall–Kier alpha value is -2.30. The summed E-state index contributed by atoms with van der Waals surface area (Å²) in [6.45, 7) is 7.70. The van der Waals surface area contributed by atoms with Gasteiger partial charge in [0.25, 0.3) is 0 Å². The Balaban J connectivity index is 1.62. The number of piperidine rings is 1. The molecule has 2 heterocycles. The van der Waals surface area contributed by atoms with Crippen LogP contribution in [-0.2, 0) is 0 Å². The van der Waals surface area contributed by atoms with E-state index >= 15 is 0 Å². The number of anilines is 4. The van der Waals surface area contributed by atoms with Crippen molar-refractivity contribution in [3.05, 3.63) is 36.5 Å². The van der Waals surface area contributed by atoms with Crippen LogP contribution in [0.5, 0.6) is 0 Å². The van der Waals surface area contributed by atoms with E-state index in [4.69, 9.17) is 0 Å². The minimum atomic E-state index is 0.621. The zero-order chi connectivity index (χ0) is 16.8. The SMILES string of the molecule is CCCNc1ccnc(Nc2ccc(N3CCC(C)CC3)cc2)n1. The predicted octanol–water partition coefficient (Wildman–Crippen LogP) is 4.28. The summed E-state index contributed by atoms with van der Waals surface area (Å²) in [6, 6.07) is 10.4. The molecule has 0 unspecified atom stereocenters. The van der Waals surface area contributed by atoms with Crippen LogP contribution in [0.4, 0.5) is 23.1 Å². The number of rotatable bonds is 6. The molecule has 1 aromatic heterocycles. The second kappa shape index (κ2) is 7.99. The average Bonchev–Trinajstić information content (AvgIpc) is 2.62. The van der Waals surface area contributed by atoms with E-state index in [2.05, 4.69) is 63.6 Å². The quantitative estimate of drug-likeness (QED) is 0.830. The van der Waals surface area contributed by atoms with Crippen molar-refractivity contribution >= 4 is 23.1 Å². The molecule has 0 saturated carbocycles. The second-order valence-corrected chi connectivity index (χ2v) is 6.53. The lowest BCUT2D eigenvalue weighted by atomic mass is 9.99. The number of nitrogens with one attached hydrogen (secondary N) is 2. The molecule has 5 heteroatoms. The Bertz CT molecular complexity index is 632. The Morgan fingerprint density at radius 1 is 1.12 bits per heavy atom. The molecule has 2 aromatic rings. The maximum atomic E-state index is 4.48. The van der Waals surface area contributed by atoms with E-state index in [0.29, 0.717) is 5.95 Å². The molecule has 1 aliphatic heterocycles. The largest absolute Gasteiger partial charge is 0.372 e. The van der Waals surface area contributed by atoms with Gasteiger partial charge in [-0.2, -0.15) is 4.98 Å². The minimum absolute atomic E-state index is 0.621. The Kier molecular flexibility index (Phi) is 5.51. The molecule has 2 N–H and O–H groups in total. The molecule has 3 rings (SSSR count). The molecule has 0 radical (unpaired) electrons. The van der Waals surface area contributed by atoms with Gasteiger partial charge in [-0.15, -0.1) is 0 Å². The Morgan fingerprint density at radius 2 is 1.88 bits per heavy atom. The highest BCUT2D eigenvalue weighted by molar-refractivity contribution is 5.60. The Morgan fingerprint density at radius 3 is 2.58 bits per heavy atom. The van der Waals surface area contributed by atoms with Gasteiger partial charge in [-0.05, 0) is 55.5 Å². The summed E-state index contributed by atoms with van der Waals surface area (Å²) in [6.07, 6.45) is 5.41. The molecule has 0 amide bonds. The summed E-state index contributed by atoms with van der Waals surface area (Å²) in [7, 11) is 0. The lowest BCUT2D eigenvalue weighted by molar-refractivity contribution is 0.438. The zero-order valence-corrected chi connectivity index (χ0v) is 14.6. The van der Waals surface area contributed by atoms with Crippen molar-refractivity contribution in [2.24, 2.45) is 5.92 Å². The molecule has 0 aliphatic carbocycles. The lowest BCUT2D eigenvalue weighted by Gasteiger charge is -2.32. The van der Waals surface area contributed by atoms with Crippen molar-refractivity contribution < 1.29 is 0 Å². The molecule has 1 saturated heterocycles. The average molecular weight is 325 g/mol. The number of aromatic nitrogens is 2. The van der Waals surface area contributed by atoms with E-state index in [9.17, 15) is 0 Å². The normalized spacial score (nSPS) is 15.3. The summed E-state index contributed by atoms with van der Waals surface area (Å²) < 4.78 is 0. The van der Waals surface area contributed by atoms with Crippen molar-refractivity contribution in [2.75, 3.05) is 35.2 Å². The number of hydrogen-bond donors (Lipinski definition) is 2. The molecule has 1 aromatic carbocycles. The van der Waals surface area contributed by atoms with Crippen LogP contribution < -0.4 is 15.5 Å². The second-order valence-electron chi connectivity index (χ2n) is 6.53. The number of hydrogen-bond acceptors (Lipinski definition) is 5. The highest BCUT2D eigenvalue weighted by atomic mass is 15.1. The van der Waals surface area contributed by atoms with E-state index in [1.165, 1.54) is 18.5 Å². The van der Waals surface area contributed by atoms with Crippen molar-refractivity contribution in [3.8, 4) is 0 Å². The van der Waals surface area contributed by atoms with Crippen LogP contribution in [-0.4, -0.2) is 29.6 Å². The van der Waals surface area contributed by atoms with Gasteiger partial charge >= 0.3 is 0 Å². The summed E-state index contributed by atoms with van der Waals surface area (Å²) in [5, 5.41) is 6.56. The number of benzene rings is 1. The highest BCUT2D eigenvalue weighted by Crippen LogP contribution is 2.25. The number of nitrogens with zero attached hydrogens (tertiary/aromatic N) is 3. The fourth-order valence-electron chi connectivity index (χ4n) is 2.92. The van der Waals surface area contributed by atoms with E-state index in [1.807, 2.05) is 6.07 Å². The fraction of sp³-hybridized carbons (Fsp3) is 0.474. The van der Waals surface area contributed by atoms with Crippen LogP contribution in [0.1, 0.15) is 33.1 Å². The highest BCUT2D eigenvalue weighted by Gasteiger charge is 2.15. The predicted molar refractivity (Wildman–Crippen MR) is 101 cm³/mol. The van der Waals surface area contributed by atoms with Gasteiger partial charge in [0, 0.05) is 37.2 Å². The molecular weight excluding hydrogens is 298 g/mol. The summed E-state index contributed by atoms with van der Waals surface area (Å²) in [4.78, 5) is 11.2. The van der Waals surface area contributed by atoms with Crippen LogP contribution >= 0.6 is 0 Å². The van der Waals surface area contributed by atoms with Crippen LogP contribution in [0.25, 0.3) is 0 Å². The van der Waals surface area contributed by atoms with Gasteiger partial charge in [0.15, 0.2) is 0 Å². The van der Waals surface area contributed by atoms with Gasteiger partial charge in [-0.25, -0.2) is 4.98 Å². The first-order valence-electron chi connectivity index (χ1n) is 8.93. The van der Waals surface area contributed by atoms with E-state index in [0.717, 1.165) is 43.5 Å². The Labute approximate surface area is 144 Å². The molecule has 24 heavy (non-hydrogen) atoms.